The maximum atomic E-state index is 12.4. The number of nitrogens with one attached hydrogen (secondary N) is 1. The average molecular weight is 319 g/mol. The third kappa shape index (κ3) is 3.10. The Morgan fingerprint density at radius 1 is 1.45 bits per heavy atom. The van der Waals surface area contributed by atoms with Gasteiger partial charge in [-0.25, -0.2) is 26.5 Å². The maximum Gasteiger partial charge on any atom is 0.244 e. The molecule has 1 fully saturated rings. The van der Waals surface area contributed by atoms with E-state index in [1.807, 2.05) is 0 Å². The molecule has 2 rings (SSSR count). The van der Waals surface area contributed by atoms with E-state index in [1.54, 1.807) is 13.8 Å². The fraction of sp³-hybridized carbons (Fsp3) is 0.545. The lowest BCUT2D eigenvalue weighted by molar-refractivity contribution is 0.462. The third-order valence-electron chi connectivity index (χ3n) is 3.19. The average Bonchev–Trinajstić information content (AvgIpc) is 2.55. The van der Waals surface area contributed by atoms with Crippen molar-refractivity contribution < 1.29 is 16.8 Å². The fourth-order valence-corrected chi connectivity index (χ4v) is 6.03. The lowest BCUT2D eigenvalue weighted by Gasteiger charge is -2.23. The first-order valence-corrected chi connectivity index (χ1v) is 9.30. The van der Waals surface area contributed by atoms with Crippen molar-refractivity contribution in [1.82, 2.24) is 9.71 Å². The van der Waals surface area contributed by atoms with E-state index >= 15 is 0 Å². The molecule has 1 aromatic heterocycles. The van der Waals surface area contributed by atoms with Crippen LogP contribution in [0.15, 0.2) is 17.2 Å². The molecule has 0 bridgehead atoms. The summed E-state index contributed by atoms with van der Waals surface area (Å²) in [5.74, 6) is -0.334. The van der Waals surface area contributed by atoms with Gasteiger partial charge in [0.1, 0.15) is 10.7 Å². The summed E-state index contributed by atoms with van der Waals surface area (Å²) in [6, 6.07) is 1.41. The Kier molecular flexibility index (Phi) is 3.55. The minimum absolute atomic E-state index is 0.0203. The summed E-state index contributed by atoms with van der Waals surface area (Å²) < 4.78 is 50.2. The van der Waals surface area contributed by atoms with E-state index in [4.69, 9.17) is 5.73 Å². The van der Waals surface area contributed by atoms with Gasteiger partial charge in [-0.2, -0.15) is 0 Å². The Morgan fingerprint density at radius 2 is 2.10 bits per heavy atom. The van der Waals surface area contributed by atoms with Crippen molar-refractivity contribution in [2.75, 3.05) is 17.2 Å². The molecule has 9 heteroatoms. The van der Waals surface area contributed by atoms with Gasteiger partial charge in [0.2, 0.25) is 10.0 Å². The second-order valence-corrected chi connectivity index (χ2v) is 9.24. The molecule has 1 aliphatic rings. The van der Waals surface area contributed by atoms with Crippen LogP contribution < -0.4 is 10.5 Å². The Bertz CT molecular complexity index is 743. The number of aromatic nitrogens is 1. The normalized spacial score (nSPS) is 25.7. The van der Waals surface area contributed by atoms with Crippen LogP contribution in [0.25, 0.3) is 0 Å². The SMILES string of the molecule is Cc1cnc(N)c(S(=O)(=O)N[C@]2(C)CCS(=O)(=O)C2)c1. The van der Waals surface area contributed by atoms with Crippen LogP contribution in [0, 0.1) is 6.92 Å². The Labute approximate surface area is 118 Å². The smallest absolute Gasteiger partial charge is 0.244 e. The number of sulfonamides is 1. The number of rotatable bonds is 3. The molecule has 1 saturated heterocycles. The number of hydrogen-bond acceptors (Lipinski definition) is 6. The maximum absolute atomic E-state index is 12.4. The van der Waals surface area contributed by atoms with E-state index in [2.05, 4.69) is 9.71 Å². The van der Waals surface area contributed by atoms with Gasteiger partial charge in [0.15, 0.2) is 9.84 Å². The first kappa shape index (κ1) is 15.2. The molecule has 0 spiro atoms. The molecular formula is C11H17N3O4S2. The zero-order valence-corrected chi connectivity index (χ0v) is 12.9. The Morgan fingerprint density at radius 3 is 2.65 bits per heavy atom. The van der Waals surface area contributed by atoms with E-state index in [1.165, 1.54) is 12.3 Å². The summed E-state index contributed by atoms with van der Waals surface area (Å²) in [5.41, 5.74) is 5.25. The highest BCUT2D eigenvalue weighted by atomic mass is 32.2. The molecule has 0 radical (unpaired) electrons. The summed E-state index contributed by atoms with van der Waals surface area (Å²) >= 11 is 0. The molecule has 1 aromatic rings. The largest absolute Gasteiger partial charge is 0.383 e. The molecule has 0 aromatic carbocycles. The summed E-state index contributed by atoms with van der Waals surface area (Å²) in [6.45, 7) is 3.28. The first-order chi connectivity index (χ1) is 9.03. The standard InChI is InChI=1S/C11H17N3O4S2/c1-8-5-9(10(12)13-6-8)20(17,18)14-11(2)3-4-19(15,16)7-11/h5-6,14H,3-4,7H2,1-2H3,(H2,12,13)/t11-/m1/s1. The van der Waals surface area contributed by atoms with Crippen LogP contribution in [0.3, 0.4) is 0 Å². The highest BCUT2D eigenvalue weighted by Crippen LogP contribution is 2.26. The van der Waals surface area contributed by atoms with Crippen LogP contribution in [0.1, 0.15) is 18.9 Å². The van der Waals surface area contributed by atoms with Gasteiger partial charge in [-0.05, 0) is 31.9 Å². The van der Waals surface area contributed by atoms with Gasteiger partial charge in [-0.3, -0.25) is 0 Å². The van der Waals surface area contributed by atoms with E-state index < -0.39 is 25.4 Å². The number of hydrogen-bond donors (Lipinski definition) is 2. The van der Waals surface area contributed by atoms with Crippen LogP contribution in [-0.2, 0) is 19.9 Å². The number of nitrogen functional groups attached to an aromatic ring is 1. The number of aryl methyl sites for hydroxylation is 1. The molecule has 20 heavy (non-hydrogen) atoms. The van der Waals surface area contributed by atoms with Gasteiger partial charge in [-0.15, -0.1) is 0 Å². The van der Waals surface area contributed by atoms with Gasteiger partial charge >= 0.3 is 0 Å². The molecule has 0 unspecified atom stereocenters. The number of nitrogens with two attached hydrogens (primary N) is 1. The fourth-order valence-electron chi connectivity index (χ4n) is 2.24. The summed E-state index contributed by atoms with van der Waals surface area (Å²) in [7, 11) is -7.11. The topological polar surface area (TPSA) is 119 Å². The molecule has 1 aliphatic heterocycles. The minimum Gasteiger partial charge on any atom is -0.383 e. The molecule has 7 nitrogen and oxygen atoms in total. The van der Waals surface area contributed by atoms with Gasteiger partial charge < -0.3 is 5.73 Å². The highest BCUT2D eigenvalue weighted by Gasteiger charge is 2.41. The zero-order valence-electron chi connectivity index (χ0n) is 11.3. The molecule has 0 aliphatic carbocycles. The number of pyridine rings is 1. The predicted octanol–water partition coefficient (Wildman–Crippen LogP) is -0.172. The Hall–Kier alpha value is -1.19. The summed E-state index contributed by atoms with van der Waals surface area (Å²) in [6.07, 6.45) is 1.71. The number of nitrogens with zero attached hydrogens (tertiary/aromatic N) is 1. The quantitative estimate of drug-likeness (QED) is 0.798. The van der Waals surface area contributed by atoms with Crippen molar-refractivity contribution >= 4 is 25.7 Å². The number of sulfone groups is 1. The molecule has 112 valence electrons. The lowest BCUT2D eigenvalue weighted by atomic mass is 10.0. The van der Waals surface area contributed by atoms with Crippen LogP contribution in [0.2, 0.25) is 0 Å². The molecule has 0 amide bonds. The first-order valence-electron chi connectivity index (χ1n) is 6.00. The van der Waals surface area contributed by atoms with E-state index in [0.29, 0.717) is 5.56 Å². The molecule has 1 atom stereocenters. The van der Waals surface area contributed by atoms with Crippen molar-refractivity contribution in [2.45, 2.75) is 30.7 Å². The van der Waals surface area contributed by atoms with Crippen molar-refractivity contribution in [3.8, 4) is 0 Å². The van der Waals surface area contributed by atoms with Gasteiger partial charge in [0.05, 0.1) is 11.5 Å². The van der Waals surface area contributed by atoms with E-state index in [9.17, 15) is 16.8 Å². The van der Waals surface area contributed by atoms with Gasteiger partial charge in [0, 0.05) is 11.7 Å². The minimum atomic E-state index is -3.91. The molecule has 2 heterocycles. The van der Waals surface area contributed by atoms with Gasteiger partial charge in [-0.1, -0.05) is 0 Å². The van der Waals surface area contributed by atoms with Crippen molar-refractivity contribution in [3.63, 3.8) is 0 Å². The Balaban J connectivity index is 2.35. The highest BCUT2D eigenvalue weighted by molar-refractivity contribution is 7.92. The van der Waals surface area contributed by atoms with Crippen LogP contribution in [0.4, 0.5) is 5.82 Å². The second kappa shape index (κ2) is 4.68. The molecule has 3 N–H and O–H groups in total. The van der Waals surface area contributed by atoms with Crippen LogP contribution in [0.5, 0.6) is 0 Å². The van der Waals surface area contributed by atoms with Crippen molar-refractivity contribution in [1.29, 1.82) is 0 Å². The monoisotopic (exact) mass is 319 g/mol. The third-order valence-corrected chi connectivity index (χ3v) is 6.76. The predicted molar refractivity (Wildman–Crippen MR) is 75.4 cm³/mol. The van der Waals surface area contributed by atoms with Crippen LogP contribution >= 0.6 is 0 Å². The van der Waals surface area contributed by atoms with Gasteiger partial charge in [0.25, 0.3) is 0 Å². The van der Waals surface area contributed by atoms with Crippen LogP contribution in [-0.4, -0.2) is 38.9 Å². The number of anilines is 1. The van der Waals surface area contributed by atoms with Crippen molar-refractivity contribution in [2.24, 2.45) is 0 Å². The molecule has 0 saturated carbocycles. The molecular weight excluding hydrogens is 302 g/mol. The summed E-state index contributed by atoms with van der Waals surface area (Å²) in [4.78, 5) is 3.69. The van der Waals surface area contributed by atoms with E-state index in [0.717, 1.165) is 0 Å². The summed E-state index contributed by atoms with van der Waals surface area (Å²) in [5, 5.41) is 0. The van der Waals surface area contributed by atoms with Crippen molar-refractivity contribution in [3.05, 3.63) is 17.8 Å². The zero-order chi connectivity index (χ0) is 15.2. The lowest BCUT2D eigenvalue weighted by Crippen LogP contribution is -2.46. The second-order valence-electron chi connectivity index (χ2n) is 5.40. The van der Waals surface area contributed by atoms with E-state index in [-0.39, 0.29) is 28.6 Å².